The van der Waals surface area contributed by atoms with Crippen LogP contribution >= 0.6 is 31.9 Å². The largest absolute Gasteiger partial charge is 0.494 e. The lowest BCUT2D eigenvalue weighted by atomic mass is 10.2. The molecule has 2 aromatic carbocycles. The fourth-order valence-corrected chi connectivity index (χ4v) is 3.25. The second kappa shape index (κ2) is 9.84. The lowest BCUT2D eigenvalue weighted by Gasteiger charge is -2.08. The van der Waals surface area contributed by atoms with E-state index in [0.29, 0.717) is 17.9 Å². The molecule has 128 valence electrons. The predicted molar refractivity (Wildman–Crippen MR) is 103 cm³/mol. The molecule has 0 fully saturated rings. The van der Waals surface area contributed by atoms with Crippen LogP contribution < -0.4 is 9.47 Å². The van der Waals surface area contributed by atoms with Crippen molar-refractivity contribution < 1.29 is 14.3 Å². The highest BCUT2D eigenvalue weighted by atomic mass is 79.9. The van der Waals surface area contributed by atoms with Gasteiger partial charge in [0.05, 0.1) is 16.6 Å². The predicted octanol–water partition coefficient (Wildman–Crippen LogP) is 6.39. The second-order valence-corrected chi connectivity index (χ2v) is 7.17. The fourth-order valence-electron chi connectivity index (χ4n) is 2.12. The van der Waals surface area contributed by atoms with Crippen molar-refractivity contribution in [3.05, 3.63) is 57.0 Å². The number of halogens is 2. The monoisotopic (exact) mass is 454 g/mol. The number of hydrogen-bond acceptors (Lipinski definition) is 3. The molecule has 0 bridgehead atoms. The van der Waals surface area contributed by atoms with Crippen LogP contribution in [0.15, 0.2) is 51.4 Å². The van der Waals surface area contributed by atoms with Crippen molar-refractivity contribution in [1.82, 2.24) is 0 Å². The molecule has 2 rings (SSSR count). The molecule has 5 heteroatoms. The molecule has 0 heterocycles. The first kappa shape index (κ1) is 19.0. The lowest BCUT2D eigenvalue weighted by molar-refractivity contribution is 0.0733. The summed E-state index contributed by atoms with van der Waals surface area (Å²) >= 11 is 6.74. The number of hydrogen-bond donors (Lipinski definition) is 0. The van der Waals surface area contributed by atoms with Crippen LogP contribution in [0, 0.1) is 0 Å². The number of carbonyl (C=O) groups excluding carboxylic acids is 1. The van der Waals surface area contributed by atoms with Crippen LogP contribution in [-0.4, -0.2) is 12.6 Å². The average Bonchev–Trinajstić information content (AvgIpc) is 2.57. The van der Waals surface area contributed by atoms with Crippen LogP contribution in [0.3, 0.4) is 0 Å². The summed E-state index contributed by atoms with van der Waals surface area (Å²) in [5, 5.41) is 0. The summed E-state index contributed by atoms with van der Waals surface area (Å²) < 4.78 is 12.7. The van der Waals surface area contributed by atoms with Crippen molar-refractivity contribution in [2.75, 3.05) is 6.61 Å². The van der Waals surface area contributed by atoms with Crippen LogP contribution in [-0.2, 0) is 0 Å². The number of benzene rings is 2. The Kier molecular flexibility index (Phi) is 7.79. The highest BCUT2D eigenvalue weighted by Gasteiger charge is 2.11. The maximum absolute atomic E-state index is 12.2. The number of esters is 1. The third-order valence-corrected chi connectivity index (χ3v) is 4.57. The van der Waals surface area contributed by atoms with Gasteiger partial charge in [-0.25, -0.2) is 4.79 Å². The summed E-state index contributed by atoms with van der Waals surface area (Å²) in [7, 11) is 0. The minimum atomic E-state index is -0.396. The second-order valence-electron chi connectivity index (χ2n) is 5.40. The zero-order valence-corrected chi connectivity index (χ0v) is 16.7. The van der Waals surface area contributed by atoms with Crippen molar-refractivity contribution in [1.29, 1.82) is 0 Å². The lowest BCUT2D eigenvalue weighted by Crippen LogP contribution is -2.08. The summed E-state index contributed by atoms with van der Waals surface area (Å²) in [6.07, 6.45) is 4.68. The smallest absolute Gasteiger partial charge is 0.343 e. The van der Waals surface area contributed by atoms with Gasteiger partial charge in [-0.3, -0.25) is 0 Å². The fraction of sp³-hybridized carbons (Fsp3) is 0.316. The Bertz CT molecular complexity index is 669. The van der Waals surface area contributed by atoms with E-state index in [2.05, 4.69) is 38.8 Å². The summed E-state index contributed by atoms with van der Waals surface area (Å²) in [6, 6.07) is 12.4. The van der Waals surface area contributed by atoms with E-state index in [1.165, 1.54) is 19.3 Å². The molecule has 0 saturated heterocycles. The maximum Gasteiger partial charge on any atom is 0.343 e. The molecule has 2 aromatic rings. The van der Waals surface area contributed by atoms with E-state index >= 15 is 0 Å². The van der Waals surface area contributed by atoms with Gasteiger partial charge >= 0.3 is 5.97 Å². The molecule has 0 saturated carbocycles. The number of ether oxygens (including phenoxy) is 2. The van der Waals surface area contributed by atoms with E-state index in [1.807, 2.05) is 12.1 Å². The highest BCUT2D eigenvalue weighted by molar-refractivity contribution is 9.11. The van der Waals surface area contributed by atoms with E-state index in [-0.39, 0.29) is 0 Å². The van der Waals surface area contributed by atoms with Crippen LogP contribution in [0.2, 0.25) is 0 Å². The molecule has 0 unspecified atom stereocenters. The molecular formula is C19H20Br2O3. The van der Waals surface area contributed by atoms with Gasteiger partial charge in [0.2, 0.25) is 0 Å². The third kappa shape index (κ3) is 5.95. The molecule has 0 aliphatic rings. The average molecular weight is 456 g/mol. The quantitative estimate of drug-likeness (QED) is 0.263. The molecule has 0 aliphatic carbocycles. The van der Waals surface area contributed by atoms with Crippen molar-refractivity contribution in [3.63, 3.8) is 0 Å². The molecule has 0 spiro atoms. The van der Waals surface area contributed by atoms with Gasteiger partial charge < -0.3 is 9.47 Å². The van der Waals surface area contributed by atoms with Crippen LogP contribution in [0.1, 0.15) is 43.0 Å². The van der Waals surface area contributed by atoms with Gasteiger partial charge in [0.15, 0.2) is 0 Å². The summed E-state index contributed by atoms with van der Waals surface area (Å²) in [6.45, 7) is 2.89. The standard InChI is InChI=1S/C19H20Br2O3/c1-2-3-4-5-12-23-16-9-6-14(7-10-16)19(22)24-18-11-8-15(20)13-17(18)21/h6-11,13H,2-5,12H2,1H3. The topological polar surface area (TPSA) is 35.5 Å². The summed E-state index contributed by atoms with van der Waals surface area (Å²) in [4.78, 5) is 12.2. The Morgan fingerprint density at radius 1 is 1.00 bits per heavy atom. The van der Waals surface area contributed by atoms with E-state index in [1.54, 1.807) is 30.3 Å². The van der Waals surface area contributed by atoms with Gasteiger partial charge in [-0.2, -0.15) is 0 Å². The summed E-state index contributed by atoms with van der Waals surface area (Å²) in [5.74, 6) is 0.861. The molecule has 0 aliphatic heterocycles. The molecular weight excluding hydrogens is 436 g/mol. The first-order chi connectivity index (χ1) is 11.6. The minimum Gasteiger partial charge on any atom is -0.494 e. The van der Waals surface area contributed by atoms with Gasteiger partial charge in [0.25, 0.3) is 0 Å². The molecule has 0 atom stereocenters. The van der Waals surface area contributed by atoms with E-state index in [0.717, 1.165) is 21.1 Å². The molecule has 0 amide bonds. The third-order valence-electron chi connectivity index (χ3n) is 3.45. The Hall–Kier alpha value is -1.33. The summed E-state index contributed by atoms with van der Waals surface area (Å²) in [5.41, 5.74) is 0.489. The minimum absolute atomic E-state index is 0.396. The van der Waals surface area contributed by atoms with Gasteiger partial charge in [0, 0.05) is 4.47 Å². The van der Waals surface area contributed by atoms with Crippen molar-refractivity contribution in [2.45, 2.75) is 32.6 Å². The molecule has 0 N–H and O–H groups in total. The molecule has 0 aromatic heterocycles. The van der Waals surface area contributed by atoms with E-state index < -0.39 is 5.97 Å². The number of unbranched alkanes of at least 4 members (excludes halogenated alkanes) is 3. The van der Waals surface area contributed by atoms with Crippen molar-refractivity contribution in [2.24, 2.45) is 0 Å². The molecule has 3 nitrogen and oxygen atoms in total. The van der Waals surface area contributed by atoms with E-state index in [9.17, 15) is 4.79 Å². The number of rotatable bonds is 8. The molecule has 0 radical (unpaired) electrons. The van der Waals surface area contributed by atoms with Crippen molar-refractivity contribution >= 4 is 37.8 Å². The first-order valence-electron chi connectivity index (χ1n) is 8.00. The van der Waals surface area contributed by atoms with Gasteiger partial charge in [0.1, 0.15) is 11.5 Å². The molecule has 24 heavy (non-hydrogen) atoms. The zero-order valence-electron chi connectivity index (χ0n) is 13.6. The Balaban J connectivity index is 1.89. The van der Waals surface area contributed by atoms with Crippen LogP contribution in [0.4, 0.5) is 0 Å². The zero-order chi connectivity index (χ0) is 17.4. The number of carbonyl (C=O) groups is 1. The maximum atomic E-state index is 12.2. The van der Waals surface area contributed by atoms with Gasteiger partial charge in [-0.15, -0.1) is 0 Å². The van der Waals surface area contributed by atoms with Gasteiger partial charge in [-0.1, -0.05) is 42.1 Å². The van der Waals surface area contributed by atoms with Crippen LogP contribution in [0.5, 0.6) is 11.5 Å². The Labute approximate surface area is 159 Å². The van der Waals surface area contributed by atoms with E-state index in [4.69, 9.17) is 9.47 Å². The van der Waals surface area contributed by atoms with Gasteiger partial charge in [-0.05, 0) is 64.8 Å². The van der Waals surface area contributed by atoms with Crippen LogP contribution in [0.25, 0.3) is 0 Å². The highest BCUT2D eigenvalue weighted by Crippen LogP contribution is 2.29. The van der Waals surface area contributed by atoms with Crippen molar-refractivity contribution in [3.8, 4) is 11.5 Å². The Morgan fingerprint density at radius 2 is 1.75 bits per heavy atom. The Morgan fingerprint density at radius 3 is 2.42 bits per heavy atom. The first-order valence-corrected chi connectivity index (χ1v) is 9.59. The SMILES string of the molecule is CCCCCCOc1ccc(C(=O)Oc2ccc(Br)cc2Br)cc1. The normalized spacial score (nSPS) is 10.5.